The summed E-state index contributed by atoms with van der Waals surface area (Å²) in [5, 5.41) is 0. The molecule has 25 heavy (non-hydrogen) atoms. The van der Waals surface area contributed by atoms with Crippen LogP contribution in [0, 0.1) is 6.92 Å². The predicted molar refractivity (Wildman–Crippen MR) is 110 cm³/mol. The number of rotatable bonds is 4. The molecule has 2 aromatic rings. The van der Waals surface area contributed by atoms with E-state index in [0.29, 0.717) is 23.7 Å². The number of pyridine rings is 2. The van der Waals surface area contributed by atoms with Crippen LogP contribution < -0.4 is 0 Å². The number of aromatic nitrogens is 2. The van der Waals surface area contributed by atoms with Gasteiger partial charge in [0.1, 0.15) is 0 Å². The number of hydrogen-bond donors (Lipinski definition) is 0. The van der Waals surface area contributed by atoms with Crippen LogP contribution in [0.5, 0.6) is 0 Å². The SMILES string of the molecule is CC(C)c1ccnc(C(C)C)c1.Cc1cnc(C(C)C)cc1C(C)C. The molecule has 0 aliphatic carbocycles. The molecule has 0 saturated carbocycles. The predicted octanol–water partition coefficient (Wildman–Crippen LogP) is 6.97. The monoisotopic (exact) mass is 340 g/mol. The standard InChI is InChI=1S/C12H19N.C11H17N/c1-8(2)11-6-12(9(3)4)13-7-10(11)5;1-8(2)10-5-6-12-11(7-10)9(3)4/h6-9H,1-5H3;5-9H,1-4H3. The molecule has 0 radical (unpaired) electrons. The Morgan fingerprint density at radius 2 is 1.24 bits per heavy atom. The van der Waals surface area contributed by atoms with Crippen molar-refractivity contribution in [1.82, 2.24) is 9.97 Å². The molecule has 2 heteroatoms. The fourth-order valence-corrected chi connectivity index (χ4v) is 2.63. The van der Waals surface area contributed by atoms with Gasteiger partial charge in [0.25, 0.3) is 0 Å². The van der Waals surface area contributed by atoms with Crippen molar-refractivity contribution in [3.8, 4) is 0 Å². The first-order chi connectivity index (χ1) is 11.6. The molecule has 2 heterocycles. The lowest BCUT2D eigenvalue weighted by atomic mass is 9.97. The molecule has 0 aliphatic heterocycles. The third-order valence-corrected chi connectivity index (χ3v) is 4.44. The molecule has 2 nitrogen and oxygen atoms in total. The van der Waals surface area contributed by atoms with Gasteiger partial charge in [0.2, 0.25) is 0 Å². The van der Waals surface area contributed by atoms with Crippen LogP contribution in [-0.4, -0.2) is 9.97 Å². The molecule has 0 amide bonds. The van der Waals surface area contributed by atoms with Gasteiger partial charge in [0, 0.05) is 23.8 Å². The summed E-state index contributed by atoms with van der Waals surface area (Å²) in [5.74, 6) is 2.26. The molecular weight excluding hydrogens is 304 g/mol. The van der Waals surface area contributed by atoms with Crippen molar-refractivity contribution in [3.63, 3.8) is 0 Å². The minimum Gasteiger partial charge on any atom is -0.261 e. The molecule has 0 saturated heterocycles. The maximum atomic E-state index is 4.42. The lowest BCUT2D eigenvalue weighted by molar-refractivity contribution is 0.793. The van der Waals surface area contributed by atoms with Gasteiger partial charge in [-0.25, -0.2) is 0 Å². The second-order valence-corrected chi connectivity index (χ2v) is 8.10. The average molecular weight is 341 g/mol. The van der Waals surface area contributed by atoms with Crippen molar-refractivity contribution in [3.05, 3.63) is 58.7 Å². The van der Waals surface area contributed by atoms with Crippen LogP contribution in [0.15, 0.2) is 30.6 Å². The molecule has 0 unspecified atom stereocenters. The topological polar surface area (TPSA) is 25.8 Å². The van der Waals surface area contributed by atoms with Gasteiger partial charge in [-0.2, -0.15) is 0 Å². The second kappa shape index (κ2) is 9.70. The van der Waals surface area contributed by atoms with E-state index in [1.54, 1.807) is 0 Å². The number of hydrogen-bond acceptors (Lipinski definition) is 2. The van der Waals surface area contributed by atoms with Crippen molar-refractivity contribution >= 4 is 0 Å². The van der Waals surface area contributed by atoms with E-state index in [9.17, 15) is 0 Å². The Hall–Kier alpha value is -1.70. The van der Waals surface area contributed by atoms with Gasteiger partial charge in [-0.3, -0.25) is 9.97 Å². The maximum absolute atomic E-state index is 4.42. The van der Waals surface area contributed by atoms with Crippen molar-refractivity contribution in [2.45, 2.75) is 86.0 Å². The third-order valence-electron chi connectivity index (χ3n) is 4.44. The Balaban J connectivity index is 0.000000251. The summed E-state index contributed by atoms with van der Waals surface area (Å²) in [6.07, 6.45) is 3.90. The highest BCUT2D eigenvalue weighted by atomic mass is 14.7. The van der Waals surface area contributed by atoms with Crippen molar-refractivity contribution in [2.75, 3.05) is 0 Å². The minimum atomic E-state index is 0.526. The first kappa shape index (κ1) is 21.3. The van der Waals surface area contributed by atoms with Gasteiger partial charge in [-0.15, -0.1) is 0 Å². The van der Waals surface area contributed by atoms with Gasteiger partial charge < -0.3 is 0 Å². The van der Waals surface area contributed by atoms with E-state index in [-0.39, 0.29) is 0 Å². The van der Waals surface area contributed by atoms with Crippen molar-refractivity contribution < 1.29 is 0 Å². The fraction of sp³-hybridized carbons (Fsp3) is 0.565. The van der Waals surface area contributed by atoms with E-state index in [1.165, 1.54) is 28.1 Å². The van der Waals surface area contributed by atoms with Gasteiger partial charge in [-0.1, -0.05) is 55.4 Å². The summed E-state index contributed by atoms with van der Waals surface area (Å²) < 4.78 is 0. The van der Waals surface area contributed by atoms with Crippen LogP contribution in [0.25, 0.3) is 0 Å². The van der Waals surface area contributed by atoms with Crippen LogP contribution in [0.1, 0.15) is 107 Å². The highest BCUT2D eigenvalue weighted by Crippen LogP contribution is 2.22. The summed E-state index contributed by atoms with van der Waals surface area (Å²) >= 11 is 0. The summed E-state index contributed by atoms with van der Waals surface area (Å²) in [4.78, 5) is 8.74. The smallest absolute Gasteiger partial charge is 0.0432 e. The van der Waals surface area contributed by atoms with Crippen LogP contribution in [0.3, 0.4) is 0 Å². The van der Waals surface area contributed by atoms with Crippen molar-refractivity contribution in [1.29, 1.82) is 0 Å². The normalized spacial score (nSPS) is 11.2. The Kier molecular flexibility index (Phi) is 8.28. The van der Waals surface area contributed by atoms with E-state index >= 15 is 0 Å². The minimum absolute atomic E-state index is 0.526. The quantitative estimate of drug-likeness (QED) is 0.601. The van der Waals surface area contributed by atoms with Crippen LogP contribution in [0.2, 0.25) is 0 Å². The average Bonchev–Trinajstić information content (AvgIpc) is 2.55. The second-order valence-electron chi connectivity index (χ2n) is 8.10. The lowest BCUT2D eigenvalue weighted by Gasteiger charge is -2.12. The van der Waals surface area contributed by atoms with E-state index in [4.69, 9.17) is 0 Å². The van der Waals surface area contributed by atoms with Crippen LogP contribution in [-0.2, 0) is 0 Å². The molecule has 138 valence electrons. The molecular formula is C23H36N2. The highest BCUT2D eigenvalue weighted by Gasteiger charge is 2.07. The summed E-state index contributed by atoms with van der Waals surface area (Å²) in [6.45, 7) is 19.7. The largest absolute Gasteiger partial charge is 0.261 e. The van der Waals surface area contributed by atoms with Gasteiger partial charge in [0.05, 0.1) is 0 Å². The zero-order valence-corrected chi connectivity index (χ0v) is 17.6. The molecule has 2 rings (SSSR count). The zero-order chi connectivity index (χ0) is 19.1. The summed E-state index contributed by atoms with van der Waals surface area (Å²) in [7, 11) is 0. The maximum Gasteiger partial charge on any atom is 0.0432 e. The van der Waals surface area contributed by atoms with E-state index < -0.39 is 0 Å². The summed E-state index contributed by atoms with van der Waals surface area (Å²) in [6, 6.07) is 6.54. The summed E-state index contributed by atoms with van der Waals surface area (Å²) in [5.41, 5.74) is 6.52. The van der Waals surface area contributed by atoms with Crippen molar-refractivity contribution in [2.24, 2.45) is 0 Å². The fourth-order valence-electron chi connectivity index (χ4n) is 2.63. The molecule has 0 aliphatic rings. The molecule has 0 atom stereocenters. The molecule has 0 N–H and O–H groups in total. The van der Waals surface area contributed by atoms with E-state index in [1.807, 2.05) is 12.4 Å². The van der Waals surface area contributed by atoms with Gasteiger partial charge >= 0.3 is 0 Å². The Bertz CT molecular complexity index is 632. The third kappa shape index (κ3) is 6.61. The molecule has 0 bridgehead atoms. The Morgan fingerprint density at radius 3 is 1.72 bits per heavy atom. The molecule has 0 fully saturated rings. The zero-order valence-electron chi connectivity index (χ0n) is 17.6. The van der Waals surface area contributed by atoms with Crippen LogP contribution >= 0.6 is 0 Å². The first-order valence-electron chi connectivity index (χ1n) is 9.55. The Labute approximate surface area is 155 Å². The van der Waals surface area contributed by atoms with Gasteiger partial charge in [-0.05, 0) is 65.5 Å². The van der Waals surface area contributed by atoms with Gasteiger partial charge in [0.15, 0.2) is 0 Å². The lowest BCUT2D eigenvalue weighted by Crippen LogP contribution is -1.99. The highest BCUT2D eigenvalue weighted by molar-refractivity contribution is 5.29. The number of nitrogens with zero attached hydrogens (tertiary/aromatic N) is 2. The molecule has 0 spiro atoms. The van der Waals surface area contributed by atoms with E-state index in [0.717, 1.165) is 0 Å². The Morgan fingerprint density at radius 1 is 0.680 bits per heavy atom. The first-order valence-corrected chi connectivity index (χ1v) is 9.55. The van der Waals surface area contributed by atoms with Crippen LogP contribution in [0.4, 0.5) is 0 Å². The molecule has 0 aromatic carbocycles. The van der Waals surface area contributed by atoms with E-state index in [2.05, 4.69) is 90.5 Å². The number of aryl methyl sites for hydroxylation is 1. The molecule has 2 aromatic heterocycles.